The number of rotatable bonds is 4. The van der Waals surface area contributed by atoms with E-state index in [1.165, 1.54) is 0 Å². The first kappa shape index (κ1) is 13.9. The molecule has 21 heavy (non-hydrogen) atoms. The molecule has 0 radical (unpaired) electrons. The average Bonchev–Trinajstić information content (AvgIpc) is 2.86. The molecule has 1 aromatic heterocycles. The quantitative estimate of drug-likeness (QED) is 0.805. The topological polar surface area (TPSA) is 47.3 Å². The number of imidazole rings is 1. The second kappa shape index (κ2) is 5.76. The van der Waals surface area contributed by atoms with Crippen LogP contribution in [-0.4, -0.2) is 21.8 Å². The minimum atomic E-state index is -0.107. The first-order chi connectivity index (χ1) is 10.2. The molecule has 0 aliphatic rings. The fourth-order valence-corrected chi connectivity index (χ4v) is 2.47. The fourth-order valence-electron chi connectivity index (χ4n) is 2.35. The number of methoxy groups -OCH3 is 1. The van der Waals surface area contributed by atoms with Crippen molar-refractivity contribution < 1.29 is 9.84 Å². The van der Waals surface area contributed by atoms with Crippen molar-refractivity contribution in [3.8, 4) is 5.75 Å². The molecule has 0 spiro atoms. The van der Waals surface area contributed by atoms with Gasteiger partial charge in [-0.25, -0.2) is 4.98 Å². The Labute approximate surface area is 127 Å². The summed E-state index contributed by atoms with van der Waals surface area (Å²) in [7, 11) is 1.63. The molecule has 1 N–H and O–H groups in total. The summed E-state index contributed by atoms with van der Waals surface area (Å²) in [5.41, 5.74) is 2.87. The molecule has 0 aliphatic carbocycles. The van der Waals surface area contributed by atoms with Crippen molar-refractivity contribution in [3.63, 3.8) is 0 Å². The van der Waals surface area contributed by atoms with Crippen LogP contribution in [0.4, 0.5) is 0 Å². The van der Waals surface area contributed by atoms with E-state index in [2.05, 4.69) is 4.98 Å². The van der Waals surface area contributed by atoms with E-state index >= 15 is 0 Å². The van der Waals surface area contributed by atoms with Crippen molar-refractivity contribution in [3.05, 3.63) is 58.9 Å². The molecule has 2 aromatic carbocycles. The zero-order valence-electron chi connectivity index (χ0n) is 11.6. The highest BCUT2D eigenvalue weighted by Gasteiger charge is 2.11. The van der Waals surface area contributed by atoms with E-state index in [1.807, 2.05) is 47.0 Å². The summed E-state index contributed by atoms with van der Waals surface area (Å²) in [6.07, 6.45) is 0. The molecule has 0 saturated carbocycles. The average molecular weight is 303 g/mol. The number of ether oxygens (including phenoxy) is 1. The summed E-state index contributed by atoms with van der Waals surface area (Å²) >= 11 is 5.91. The monoisotopic (exact) mass is 302 g/mol. The molecule has 0 atom stereocenters. The van der Waals surface area contributed by atoms with Crippen LogP contribution in [0.2, 0.25) is 5.02 Å². The Kier molecular flexibility index (Phi) is 3.82. The number of benzene rings is 2. The maximum absolute atomic E-state index is 9.53. The van der Waals surface area contributed by atoms with Gasteiger partial charge in [0.15, 0.2) is 0 Å². The van der Waals surface area contributed by atoms with Gasteiger partial charge < -0.3 is 14.4 Å². The van der Waals surface area contributed by atoms with Gasteiger partial charge in [0.2, 0.25) is 0 Å². The predicted octanol–water partition coefficient (Wildman–Crippen LogP) is 3.24. The van der Waals surface area contributed by atoms with Crippen molar-refractivity contribution >= 4 is 22.6 Å². The standard InChI is InChI=1S/C16H15ClN2O2/c1-21-13-6-7-14-15(8-13)19(16(10-20)18-14)9-11-2-4-12(17)5-3-11/h2-8,20H,9-10H2,1H3. The maximum atomic E-state index is 9.53. The Bertz CT molecular complexity index is 766. The molecule has 5 heteroatoms. The third-order valence-corrected chi connectivity index (χ3v) is 3.68. The zero-order chi connectivity index (χ0) is 14.8. The number of nitrogens with zero attached hydrogens (tertiary/aromatic N) is 2. The number of aromatic nitrogens is 2. The summed E-state index contributed by atoms with van der Waals surface area (Å²) in [6, 6.07) is 13.3. The van der Waals surface area contributed by atoms with Crippen molar-refractivity contribution in [1.29, 1.82) is 0 Å². The number of hydrogen-bond donors (Lipinski definition) is 1. The number of hydrogen-bond acceptors (Lipinski definition) is 3. The van der Waals surface area contributed by atoms with Crippen LogP contribution in [0.5, 0.6) is 5.75 Å². The minimum Gasteiger partial charge on any atom is -0.497 e. The molecule has 0 unspecified atom stereocenters. The summed E-state index contributed by atoms with van der Waals surface area (Å²) in [4.78, 5) is 4.45. The smallest absolute Gasteiger partial charge is 0.136 e. The number of aliphatic hydroxyl groups is 1. The van der Waals surface area contributed by atoms with Gasteiger partial charge in [0.05, 0.1) is 18.1 Å². The van der Waals surface area contributed by atoms with Gasteiger partial charge in [0.25, 0.3) is 0 Å². The van der Waals surface area contributed by atoms with Crippen LogP contribution in [0.15, 0.2) is 42.5 Å². The highest BCUT2D eigenvalue weighted by atomic mass is 35.5. The van der Waals surface area contributed by atoms with E-state index in [-0.39, 0.29) is 6.61 Å². The van der Waals surface area contributed by atoms with Crippen molar-refractivity contribution in [2.75, 3.05) is 7.11 Å². The lowest BCUT2D eigenvalue weighted by Crippen LogP contribution is -2.05. The fraction of sp³-hybridized carbons (Fsp3) is 0.188. The van der Waals surface area contributed by atoms with Gasteiger partial charge in [-0.05, 0) is 29.8 Å². The number of aliphatic hydroxyl groups excluding tert-OH is 1. The van der Waals surface area contributed by atoms with Crippen molar-refractivity contribution in [2.45, 2.75) is 13.2 Å². The lowest BCUT2D eigenvalue weighted by Gasteiger charge is -2.09. The number of halogens is 1. The van der Waals surface area contributed by atoms with Gasteiger partial charge in [-0.15, -0.1) is 0 Å². The third kappa shape index (κ3) is 2.73. The van der Waals surface area contributed by atoms with Gasteiger partial charge in [-0.2, -0.15) is 0 Å². The van der Waals surface area contributed by atoms with Gasteiger partial charge in [-0.3, -0.25) is 0 Å². The van der Waals surface area contributed by atoms with Crippen LogP contribution in [-0.2, 0) is 13.2 Å². The van der Waals surface area contributed by atoms with Crippen LogP contribution in [0, 0.1) is 0 Å². The van der Waals surface area contributed by atoms with Crippen LogP contribution < -0.4 is 4.74 Å². The lowest BCUT2D eigenvalue weighted by atomic mass is 10.2. The third-order valence-electron chi connectivity index (χ3n) is 3.43. The molecule has 0 saturated heterocycles. The molecule has 0 bridgehead atoms. The first-order valence-electron chi connectivity index (χ1n) is 6.59. The lowest BCUT2D eigenvalue weighted by molar-refractivity contribution is 0.267. The van der Waals surface area contributed by atoms with Gasteiger partial charge in [0, 0.05) is 17.6 Å². The normalized spacial score (nSPS) is 11.0. The first-order valence-corrected chi connectivity index (χ1v) is 6.97. The van der Waals surface area contributed by atoms with Crippen LogP contribution in [0.1, 0.15) is 11.4 Å². The zero-order valence-corrected chi connectivity index (χ0v) is 12.3. The predicted molar refractivity (Wildman–Crippen MR) is 82.8 cm³/mol. The van der Waals surface area contributed by atoms with E-state index in [9.17, 15) is 5.11 Å². The van der Waals surface area contributed by atoms with Crippen LogP contribution in [0.25, 0.3) is 11.0 Å². The second-order valence-corrected chi connectivity index (χ2v) is 5.19. The summed E-state index contributed by atoms with van der Waals surface area (Å²) < 4.78 is 7.25. The highest BCUT2D eigenvalue weighted by Crippen LogP contribution is 2.23. The van der Waals surface area contributed by atoms with Gasteiger partial charge >= 0.3 is 0 Å². The molecule has 108 valence electrons. The molecular formula is C16H15ClN2O2. The maximum Gasteiger partial charge on any atom is 0.136 e. The highest BCUT2D eigenvalue weighted by molar-refractivity contribution is 6.30. The Morgan fingerprint density at radius 1 is 1.19 bits per heavy atom. The number of fused-ring (bicyclic) bond motifs is 1. The van der Waals surface area contributed by atoms with E-state index in [0.29, 0.717) is 17.4 Å². The van der Waals surface area contributed by atoms with Crippen LogP contribution in [0.3, 0.4) is 0 Å². The van der Waals surface area contributed by atoms with E-state index < -0.39 is 0 Å². The Balaban J connectivity index is 2.08. The SMILES string of the molecule is COc1ccc2nc(CO)n(Cc3ccc(Cl)cc3)c2c1. The van der Waals surface area contributed by atoms with Crippen molar-refractivity contribution in [1.82, 2.24) is 9.55 Å². The molecule has 0 amide bonds. The van der Waals surface area contributed by atoms with Crippen molar-refractivity contribution in [2.24, 2.45) is 0 Å². The van der Waals surface area contributed by atoms with E-state index in [4.69, 9.17) is 16.3 Å². The van der Waals surface area contributed by atoms with Gasteiger partial charge in [0.1, 0.15) is 18.2 Å². The largest absolute Gasteiger partial charge is 0.497 e. The summed E-state index contributed by atoms with van der Waals surface area (Å²) in [5, 5.41) is 10.2. The molecule has 0 aliphatic heterocycles. The minimum absolute atomic E-state index is 0.107. The Morgan fingerprint density at radius 2 is 1.95 bits per heavy atom. The molecule has 3 aromatic rings. The van der Waals surface area contributed by atoms with Crippen LogP contribution >= 0.6 is 11.6 Å². The molecule has 1 heterocycles. The van der Waals surface area contributed by atoms with E-state index in [0.717, 1.165) is 22.3 Å². The molecular weight excluding hydrogens is 288 g/mol. The molecule has 3 rings (SSSR count). The summed E-state index contributed by atoms with van der Waals surface area (Å²) in [6.45, 7) is 0.515. The van der Waals surface area contributed by atoms with Gasteiger partial charge in [-0.1, -0.05) is 23.7 Å². The molecule has 4 nitrogen and oxygen atoms in total. The summed E-state index contributed by atoms with van der Waals surface area (Å²) in [5.74, 6) is 1.40. The second-order valence-electron chi connectivity index (χ2n) is 4.75. The Morgan fingerprint density at radius 3 is 2.62 bits per heavy atom. The Hall–Kier alpha value is -2.04. The van der Waals surface area contributed by atoms with E-state index in [1.54, 1.807) is 7.11 Å². The molecule has 0 fully saturated rings.